The van der Waals surface area contributed by atoms with Gasteiger partial charge in [0, 0.05) is 22.7 Å². The van der Waals surface area contributed by atoms with Crippen molar-refractivity contribution in [3.8, 4) is 0 Å². The first kappa shape index (κ1) is 13.5. The van der Waals surface area contributed by atoms with Gasteiger partial charge in [-0.3, -0.25) is 0 Å². The molecule has 90 valence electrons. The maximum Gasteiger partial charge on any atom is 0.129 e. The highest BCUT2D eigenvalue weighted by atomic mass is 35.5. The smallest absolute Gasteiger partial charge is 0.129 e. The van der Waals surface area contributed by atoms with Crippen LogP contribution in [-0.2, 0) is 6.54 Å². The van der Waals surface area contributed by atoms with Crippen LogP contribution in [-0.4, -0.2) is 5.54 Å². The quantitative estimate of drug-likeness (QED) is 0.819. The summed E-state index contributed by atoms with van der Waals surface area (Å²) < 4.78 is 13.5. The third-order valence-corrected chi connectivity index (χ3v) is 2.88. The highest BCUT2D eigenvalue weighted by molar-refractivity contribution is 6.30. The third kappa shape index (κ3) is 4.11. The lowest BCUT2D eigenvalue weighted by Crippen LogP contribution is -2.38. The molecule has 0 aliphatic heterocycles. The standard InChI is InChI=1S/C13H19ClFN/c1-4-7-13(2,3)16-9-10-5-6-11(14)8-12(10)15/h5-6,8,16H,4,7,9H2,1-3H3. The van der Waals surface area contributed by atoms with Gasteiger partial charge < -0.3 is 5.32 Å². The van der Waals surface area contributed by atoms with Crippen molar-refractivity contribution >= 4 is 11.6 Å². The van der Waals surface area contributed by atoms with Crippen molar-refractivity contribution < 1.29 is 4.39 Å². The van der Waals surface area contributed by atoms with E-state index in [-0.39, 0.29) is 11.4 Å². The zero-order valence-corrected chi connectivity index (χ0v) is 10.9. The molecule has 0 bridgehead atoms. The molecular formula is C13H19ClFN. The Kier molecular flexibility index (Phi) is 4.75. The molecule has 0 heterocycles. The van der Waals surface area contributed by atoms with E-state index in [1.165, 1.54) is 6.07 Å². The van der Waals surface area contributed by atoms with Gasteiger partial charge in [0.05, 0.1) is 0 Å². The number of hydrogen-bond donors (Lipinski definition) is 1. The molecule has 0 saturated carbocycles. The number of nitrogens with one attached hydrogen (secondary N) is 1. The molecular weight excluding hydrogens is 225 g/mol. The van der Waals surface area contributed by atoms with Gasteiger partial charge in [-0.1, -0.05) is 31.0 Å². The summed E-state index contributed by atoms with van der Waals surface area (Å²) >= 11 is 5.70. The van der Waals surface area contributed by atoms with Crippen LogP contribution in [0.2, 0.25) is 5.02 Å². The molecule has 1 aromatic carbocycles. The van der Waals surface area contributed by atoms with Gasteiger partial charge in [0.15, 0.2) is 0 Å². The summed E-state index contributed by atoms with van der Waals surface area (Å²) in [4.78, 5) is 0. The summed E-state index contributed by atoms with van der Waals surface area (Å²) in [7, 11) is 0. The van der Waals surface area contributed by atoms with Crippen LogP contribution >= 0.6 is 11.6 Å². The zero-order valence-electron chi connectivity index (χ0n) is 10.1. The summed E-state index contributed by atoms with van der Waals surface area (Å²) in [5.41, 5.74) is 0.703. The van der Waals surface area contributed by atoms with E-state index >= 15 is 0 Å². The Bertz CT molecular complexity index is 350. The van der Waals surface area contributed by atoms with Gasteiger partial charge >= 0.3 is 0 Å². The van der Waals surface area contributed by atoms with Crippen molar-refractivity contribution in [1.29, 1.82) is 0 Å². The molecule has 1 aromatic rings. The molecule has 0 unspecified atom stereocenters. The summed E-state index contributed by atoms with van der Waals surface area (Å²) in [5, 5.41) is 3.79. The van der Waals surface area contributed by atoms with E-state index in [9.17, 15) is 4.39 Å². The zero-order chi connectivity index (χ0) is 12.2. The molecule has 0 aliphatic carbocycles. The molecule has 16 heavy (non-hydrogen) atoms. The number of hydrogen-bond acceptors (Lipinski definition) is 1. The molecule has 0 aliphatic rings. The lowest BCUT2D eigenvalue weighted by molar-refractivity contribution is 0.354. The Hall–Kier alpha value is -0.600. The highest BCUT2D eigenvalue weighted by Crippen LogP contribution is 2.16. The molecule has 1 rings (SSSR count). The van der Waals surface area contributed by atoms with Crippen LogP contribution in [0.15, 0.2) is 18.2 Å². The molecule has 0 aromatic heterocycles. The second-order valence-corrected chi connectivity index (χ2v) is 5.16. The monoisotopic (exact) mass is 243 g/mol. The van der Waals surface area contributed by atoms with Gasteiger partial charge in [-0.2, -0.15) is 0 Å². The summed E-state index contributed by atoms with van der Waals surface area (Å²) in [5.74, 6) is -0.243. The Morgan fingerprint density at radius 3 is 2.62 bits per heavy atom. The van der Waals surface area contributed by atoms with Crippen LogP contribution in [0.1, 0.15) is 39.2 Å². The molecule has 0 saturated heterocycles. The Morgan fingerprint density at radius 1 is 1.38 bits per heavy atom. The van der Waals surface area contributed by atoms with Crippen molar-refractivity contribution in [2.45, 2.75) is 45.7 Å². The van der Waals surface area contributed by atoms with Gasteiger partial charge in [0.25, 0.3) is 0 Å². The van der Waals surface area contributed by atoms with E-state index < -0.39 is 0 Å². The Morgan fingerprint density at radius 2 is 2.06 bits per heavy atom. The van der Waals surface area contributed by atoms with Gasteiger partial charge in [0.1, 0.15) is 5.82 Å². The maximum absolute atomic E-state index is 13.5. The Balaban J connectivity index is 2.61. The minimum Gasteiger partial charge on any atom is -0.308 e. The minimum absolute atomic E-state index is 0.0425. The van der Waals surface area contributed by atoms with E-state index in [0.29, 0.717) is 17.1 Å². The second-order valence-electron chi connectivity index (χ2n) is 4.72. The number of rotatable bonds is 5. The van der Waals surface area contributed by atoms with Crippen molar-refractivity contribution in [3.05, 3.63) is 34.6 Å². The molecule has 1 N–H and O–H groups in total. The van der Waals surface area contributed by atoms with E-state index in [2.05, 4.69) is 26.1 Å². The average Bonchev–Trinajstić information content (AvgIpc) is 2.16. The van der Waals surface area contributed by atoms with E-state index in [0.717, 1.165) is 12.8 Å². The van der Waals surface area contributed by atoms with Crippen molar-refractivity contribution in [2.24, 2.45) is 0 Å². The second kappa shape index (κ2) is 5.65. The predicted octanol–water partition coefficient (Wildman–Crippen LogP) is 4.15. The SMILES string of the molecule is CCCC(C)(C)NCc1ccc(Cl)cc1F. The van der Waals surface area contributed by atoms with Gasteiger partial charge in [-0.25, -0.2) is 4.39 Å². The van der Waals surface area contributed by atoms with E-state index in [1.807, 2.05) is 0 Å². The fourth-order valence-corrected chi connectivity index (χ4v) is 1.87. The molecule has 3 heteroatoms. The summed E-state index contributed by atoms with van der Waals surface area (Å²) in [6, 6.07) is 4.80. The molecule has 0 spiro atoms. The van der Waals surface area contributed by atoms with Crippen molar-refractivity contribution in [2.75, 3.05) is 0 Å². The summed E-state index contributed by atoms with van der Waals surface area (Å²) in [6.45, 7) is 6.94. The van der Waals surface area contributed by atoms with Crippen molar-refractivity contribution in [1.82, 2.24) is 5.32 Å². The van der Waals surface area contributed by atoms with Gasteiger partial charge in [0.2, 0.25) is 0 Å². The van der Waals surface area contributed by atoms with Crippen LogP contribution < -0.4 is 5.32 Å². The lowest BCUT2D eigenvalue weighted by atomic mass is 9.98. The van der Waals surface area contributed by atoms with Gasteiger partial charge in [-0.15, -0.1) is 0 Å². The number of benzene rings is 1. The van der Waals surface area contributed by atoms with Gasteiger partial charge in [-0.05, 0) is 32.4 Å². The fourth-order valence-electron chi connectivity index (χ4n) is 1.71. The topological polar surface area (TPSA) is 12.0 Å². The number of halogens is 2. The van der Waals surface area contributed by atoms with Crippen molar-refractivity contribution in [3.63, 3.8) is 0 Å². The molecule has 0 fully saturated rings. The first-order chi connectivity index (χ1) is 7.44. The highest BCUT2D eigenvalue weighted by Gasteiger charge is 2.16. The van der Waals surface area contributed by atoms with E-state index in [4.69, 9.17) is 11.6 Å². The van der Waals surface area contributed by atoms with Crippen LogP contribution in [0.4, 0.5) is 4.39 Å². The van der Waals surface area contributed by atoms with Crippen LogP contribution in [0.25, 0.3) is 0 Å². The van der Waals surface area contributed by atoms with Crippen LogP contribution in [0, 0.1) is 5.82 Å². The third-order valence-electron chi connectivity index (χ3n) is 2.65. The first-order valence-electron chi connectivity index (χ1n) is 5.63. The van der Waals surface area contributed by atoms with E-state index in [1.54, 1.807) is 12.1 Å². The molecule has 0 radical (unpaired) electrons. The Labute approximate surface area is 102 Å². The van der Waals surface area contributed by atoms with Crippen LogP contribution in [0.5, 0.6) is 0 Å². The fraction of sp³-hybridized carbons (Fsp3) is 0.538. The molecule has 0 amide bonds. The minimum atomic E-state index is -0.243. The molecule has 0 atom stereocenters. The predicted molar refractivity (Wildman–Crippen MR) is 67.2 cm³/mol. The summed E-state index contributed by atoms with van der Waals surface area (Å²) in [6.07, 6.45) is 2.19. The largest absolute Gasteiger partial charge is 0.308 e. The first-order valence-corrected chi connectivity index (χ1v) is 6.01. The average molecular weight is 244 g/mol. The maximum atomic E-state index is 13.5. The lowest BCUT2D eigenvalue weighted by Gasteiger charge is -2.26. The molecule has 1 nitrogen and oxygen atoms in total. The van der Waals surface area contributed by atoms with Crippen LogP contribution in [0.3, 0.4) is 0 Å². The normalized spacial score (nSPS) is 11.8.